The normalized spacial score (nSPS) is 17.5. The van der Waals surface area contributed by atoms with Crippen molar-refractivity contribution in [2.45, 2.75) is 18.8 Å². The average Bonchev–Trinajstić information content (AvgIpc) is 3.41. The molecule has 0 bridgehead atoms. The molecule has 0 unspecified atom stereocenters. The van der Waals surface area contributed by atoms with Gasteiger partial charge in [-0.15, -0.1) is 11.3 Å². The van der Waals surface area contributed by atoms with Crippen LogP contribution in [-0.2, 0) is 9.84 Å². The number of nitrogens with zero attached hydrogens (tertiary/aromatic N) is 1. The molecule has 0 amide bonds. The van der Waals surface area contributed by atoms with Gasteiger partial charge in [0, 0.05) is 28.0 Å². The van der Waals surface area contributed by atoms with E-state index in [4.69, 9.17) is 4.52 Å². The van der Waals surface area contributed by atoms with E-state index in [1.807, 2.05) is 12.3 Å². The Morgan fingerprint density at radius 3 is 2.67 bits per heavy atom. The van der Waals surface area contributed by atoms with E-state index in [9.17, 15) is 8.42 Å². The van der Waals surface area contributed by atoms with Gasteiger partial charge >= 0.3 is 0 Å². The largest absolute Gasteiger partial charge is 0.361 e. The van der Waals surface area contributed by atoms with Crippen molar-refractivity contribution in [2.24, 2.45) is 0 Å². The number of H-pyrrole nitrogens is 1. The van der Waals surface area contributed by atoms with Crippen LogP contribution in [0.1, 0.15) is 24.3 Å². The molecule has 0 aliphatic carbocycles. The molecule has 5 nitrogen and oxygen atoms in total. The summed E-state index contributed by atoms with van der Waals surface area (Å²) in [6.07, 6.45) is 5.10. The monoisotopic (exact) mass is 398 g/mol. The predicted octanol–water partition coefficient (Wildman–Crippen LogP) is 4.84. The molecule has 1 aromatic carbocycles. The second kappa shape index (κ2) is 6.35. The SMILES string of the molecule is O=S1(=O)CCC(c2c[nH]c3ccc(-c4ccc(-c5ccno5)s4)cc23)CC1. The number of sulfone groups is 1. The molecular weight excluding hydrogens is 380 g/mol. The van der Waals surface area contributed by atoms with Crippen molar-refractivity contribution in [3.05, 3.63) is 54.4 Å². The summed E-state index contributed by atoms with van der Waals surface area (Å²) in [5.74, 6) is 1.65. The highest BCUT2D eigenvalue weighted by Gasteiger charge is 2.26. The number of aromatic nitrogens is 2. The maximum atomic E-state index is 11.7. The van der Waals surface area contributed by atoms with E-state index in [1.165, 1.54) is 15.8 Å². The highest BCUT2D eigenvalue weighted by atomic mass is 32.2. The van der Waals surface area contributed by atoms with Crippen molar-refractivity contribution in [1.29, 1.82) is 0 Å². The second-order valence-corrected chi connectivity index (χ2v) is 10.4. The summed E-state index contributed by atoms with van der Waals surface area (Å²) in [5, 5.41) is 4.96. The zero-order valence-corrected chi connectivity index (χ0v) is 16.1. The van der Waals surface area contributed by atoms with Crippen LogP contribution in [0.3, 0.4) is 0 Å². The summed E-state index contributed by atoms with van der Waals surface area (Å²) in [4.78, 5) is 5.56. The third kappa shape index (κ3) is 3.11. The minimum atomic E-state index is -2.85. The molecule has 1 N–H and O–H groups in total. The summed E-state index contributed by atoms with van der Waals surface area (Å²) in [7, 11) is -2.85. The van der Waals surface area contributed by atoms with E-state index in [0.29, 0.717) is 18.8 Å². The van der Waals surface area contributed by atoms with E-state index in [-0.39, 0.29) is 11.5 Å². The Morgan fingerprint density at radius 2 is 1.89 bits per heavy atom. The second-order valence-electron chi connectivity index (χ2n) is 6.97. The maximum absolute atomic E-state index is 11.7. The Bertz CT molecular complexity index is 1190. The van der Waals surface area contributed by atoms with Crippen LogP contribution in [0.15, 0.2) is 53.3 Å². The van der Waals surface area contributed by atoms with E-state index in [0.717, 1.165) is 21.7 Å². The lowest BCUT2D eigenvalue weighted by Crippen LogP contribution is -2.21. The van der Waals surface area contributed by atoms with Crippen LogP contribution in [0.5, 0.6) is 0 Å². The molecule has 0 radical (unpaired) electrons. The number of thiophene rings is 1. The molecule has 7 heteroatoms. The molecule has 1 fully saturated rings. The van der Waals surface area contributed by atoms with Crippen LogP contribution in [0.4, 0.5) is 0 Å². The zero-order chi connectivity index (χ0) is 18.4. The third-order valence-corrected chi connectivity index (χ3v) is 8.14. The summed E-state index contributed by atoms with van der Waals surface area (Å²) in [6, 6.07) is 12.4. The van der Waals surface area contributed by atoms with Crippen molar-refractivity contribution in [3.63, 3.8) is 0 Å². The number of rotatable bonds is 3. The molecular formula is C20H18N2O3S2. The van der Waals surface area contributed by atoms with Crippen LogP contribution in [0, 0.1) is 0 Å². The van der Waals surface area contributed by atoms with Gasteiger partial charge in [-0.2, -0.15) is 0 Å². The van der Waals surface area contributed by atoms with Crippen molar-refractivity contribution in [1.82, 2.24) is 10.1 Å². The minimum Gasteiger partial charge on any atom is -0.361 e. The highest BCUT2D eigenvalue weighted by molar-refractivity contribution is 7.91. The fraction of sp³-hybridized carbons (Fsp3) is 0.250. The molecule has 27 heavy (non-hydrogen) atoms. The Morgan fingerprint density at radius 1 is 1.07 bits per heavy atom. The summed E-state index contributed by atoms with van der Waals surface area (Å²) >= 11 is 1.67. The van der Waals surface area contributed by atoms with Gasteiger partial charge in [0.05, 0.1) is 22.6 Å². The van der Waals surface area contributed by atoms with Crippen molar-refractivity contribution in [2.75, 3.05) is 11.5 Å². The van der Waals surface area contributed by atoms with Gasteiger partial charge in [0.15, 0.2) is 5.76 Å². The molecule has 1 aliphatic rings. The van der Waals surface area contributed by atoms with Crippen LogP contribution >= 0.6 is 11.3 Å². The Balaban J connectivity index is 1.50. The summed E-state index contributed by atoms with van der Waals surface area (Å²) in [5.41, 5.74) is 3.48. The van der Waals surface area contributed by atoms with Gasteiger partial charge in [-0.1, -0.05) is 11.2 Å². The summed E-state index contributed by atoms with van der Waals surface area (Å²) < 4.78 is 28.7. The first kappa shape index (κ1) is 16.8. The molecule has 3 aromatic heterocycles. The molecule has 0 spiro atoms. The number of aromatic amines is 1. The summed E-state index contributed by atoms with van der Waals surface area (Å²) in [6.45, 7) is 0. The zero-order valence-electron chi connectivity index (χ0n) is 14.5. The van der Waals surface area contributed by atoms with Crippen LogP contribution in [0.2, 0.25) is 0 Å². The first-order chi connectivity index (χ1) is 13.1. The molecule has 1 saturated heterocycles. The standard InChI is InChI=1S/C20H18N2O3S2/c23-27(24)9-6-13(7-10-27)16-12-21-17-2-1-14(11-15(16)17)19-3-4-20(26-19)18-5-8-22-25-18/h1-5,8,11-13,21H,6-7,9-10H2. The number of benzene rings is 1. The molecule has 4 aromatic rings. The molecule has 4 heterocycles. The Labute approximate surface area is 160 Å². The van der Waals surface area contributed by atoms with E-state index in [1.54, 1.807) is 17.5 Å². The predicted molar refractivity (Wildman–Crippen MR) is 108 cm³/mol. The quantitative estimate of drug-likeness (QED) is 0.535. The number of hydrogen-bond acceptors (Lipinski definition) is 5. The van der Waals surface area contributed by atoms with Gasteiger partial charge in [0.25, 0.3) is 0 Å². The lowest BCUT2D eigenvalue weighted by Gasteiger charge is -2.21. The van der Waals surface area contributed by atoms with Gasteiger partial charge in [0.1, 0.15) is 9.84 Å². The van der Waals surface area contributed by atoms with Gasteiger partial charge in [-0.25, -0.2) is 8.42 Å². The van der Waals surface area contributed by atoms with Crippen LogP contribution in [-0.4, -0.2) is 30.1 Å². The molecule has 138 valence electrons. The lowest BCUT2D eigenvalue weighted by molar-refractivity contribution is 0.433. The van der Waals surface area contributed by atoms with Crippen LogP contribution < -0.4 is 0 Å². The third-order valence-electron chi connectivity index (χ3n) is 5.28. The Kier molecular flexibility index (Phi) is 3.94. The number of nitrogens with one attached hydrogen (secondary N) is 1. The van der Waals surface area contributed by atoms with Crippen LogP contribution in [0.25, 0.3) is 32.0 Å². The first-order valence-electron chi connectivity index (χ1n) is 8.92. The van der Waals surface area contributed by atoms with Gasteiger partial charge in [-0.3, -0.25) is 0 Å². The number of hydrogen-bond donors (Lipinski definition) is 1. The number of fused-ring (bicyclic) bond motifs is 1. The fourth-order valence-electron chi connectivity index (χ4n) is 3.80. The van der Waals surface area contributed by atoms with Gasteiger partial charge in [0.2, 0.25) is 0 Å². The van der Waals surface area contributed by atoms with E-state index >= 15 is 0 Å². The Hall–Kier alpha value is -2.38. The van der Waals surface area contributed by atoms with Crippen molar-refractivity contribution < 1.29 is 12.9 Å². The van der Waals surface area contributed by atoms with Crippen molar-refractivity contribution in [3.8, 4) is 21.1 Å². The smallest absolute Gasteiger partial charge is 0.176 e. The minimum absolute atomic E-state index is 0.287. The topological polar surface area (TPSA) is 76.0 Å². The van der Waals surface area contributed by atoms with Crippen molar-refractivity contribution >= 4 is 32.1 Å². The maximum Gasteiger partial charge on any atom is 0.176 e. The molecule has 0 atom stereocenters. The lowest BCUT2D eigenvalue weighted by atomic mass is 9.92. The fourth-order valence-corrected chi connectivity index (χ4v) is 6.25. The van der Waals surface area contributed by atoms with E-state index in [2.05, 4.69) is 40.5 Å². The van der Waals surface area contributed by atoms with Gasteiger partial charge in [-0.05, 0) is 54.2 Å². The first-order valence-corrected chi connectivity index (χ1v) is 11.6. The molecule has 0 saturated carbocycles. The van der Waals surface area contributed by atoms with Gasteiger partial charge < -0.3 is 9.51 Å². The average molecular weight is 399 g/mol. The highest BCUT2D eigenvalue weighted by Crippen LogP contribution is 2.38. The van der Waals surface area contributed by atoms with E-state index < -0.39 is 9.84 Å². The molecule has 5 rings (SSSR count). The molecule has 1 aliphatic heterocycles.